The summed E-state index contributed by atoms with van der Waals surface area (Å²) >= 11 is 1.72. The Morgan fingerprint density at radius 1 is 1.16 bits per heavy atom. The first kappa shape index (κ1) is 16.4. The summed E-state index contributed by atoms with van der Waals surface area (Å²) < 4.78 is 5.39. The van der Waals surface area contributed by atoms with E-state index < -0.39 is 0 Å². The second-order valence-electron chi connectivity index (χ2n) is 6.41. The van der Waals surface area contributed by atoms with Crippen LogP contribution in [0, 0.1) is 0 Å². The molecule has 0 atom stereocenters. The zero-order valence-corrected chi connectivity index (χ0v) is 15.2. The van der Waals surface area contributed by atoms with Crippen molar-refractivity contribution in [1.82, 2.24) is 0 Å². The van der Waals surface area contributed by atoms with Gasteiger partial charge in [-0.3, -0.25) is 4.79 Å². The van der Waals surface area contributed by atoms with Crippen LogP contribution in [0.2, 0.25) is 0 Å². The molecular weight excluding hydrogens is 334 g/mol. The van der Waals surface area contributed by atoms with Crippen LogP contribution in [0.25, 0.3) is 0 Å². The third-order valence-corrected chi connectivity index (χ3v) is 6.19. The fourth-order valence-corrected chi connectivity index (χ4v) is 4.83. The van der Waals surface area contributed by atoms with Gasteiger partial charge in [-0.25, -0.2) is 0 Å². The zero-order valence-electron chi connectivity index (χ0n) is 14.4. The Labute approximate surface area is 152 Å². The minimum absolute atomic E-state index is 0.0112. The topological polar surface area (TPSA) is 53.6 Å². The van der Waals surface area contributed by atoms with Gasteiger partial charge in [0.05, 0.1) is 18.8 Å². The number of aryl methyl sites for hydroxylation is 1. The largest absolute Gasteiger partial charge is 0.379 e. The fraction of sp³-hybridized carbons (Fsp3) is 0.421. The van der Waals surface area contributed by atoms with Gasteiger partial charge in [-0.15, -0.1) is 11.3 Å². The molecule has 1 aliphatic carbocycles. The molecule has 2 aromatic rings. The second kappa shape index (κ2) is 7.06. The summed E-state index contributed by atoms with van der Waals surface area (Å²) in [7, 11) is 1.88. The Bertz CT molecular complexity index is 764. The van der Waals surface area contributed by atoms with Gasteiger partial charge in [-0.1, -0.05) is 0 Å². The standard InChI is InChI=1S/C19H23N3O2S/c1-20-19-17(15-3-2-4-16(15)25-19)18(23)21-13-5-7-14(8-6-13)22-9-11-24-12-10-22/h5-8,20H,2-4,9-12H2,1H3,(H,21,23). The lowest BCUT2D eigenvalue weighted by Crippen LogP contribution is -2.36. The quantitative estimate of drug-likeness (QED) is 0.881. The normalized spacial score (nSPS) is 16.6. The van der Waals surface area contributed by atoms with E-state index in [1.165, 1.54) is 16.1 Å². The Morgan fingerprint density at radius 3 is 2.64 bits per heavy atom. The summed E-state index contributed by atoms with van der Waals surface area (Å²) in [5, 5.41) is 7.23. The van der Waals surface area contributed by atoms with E-state index in [0.717, 1.165) is 61.8 Å². The van der Waals surface area contributed by atoms with Crippen LogP contribution in [0.3, 0.4) is 0 Å². The molecule has 1 saturated heterocycles. The Hall–Kier alpha value is -2.05. The van der Waals surface area contributed by atoms with Crippen LogP contribution in [-0.2, 0) is 17.6 Å². The minimum atomic E-state index is -0.0112. The molecule has 5 nitrogen and oxygen atoms in total. The molecule has 0 saturated carbocycles. The number of carbonyl (C=O) groups is 1. The summed E-state index contributed by atoms with van der Waals surface area (Å²) in [5.41, 5.74) is 4.07. The minimum Gasteiger partial charge on any atom is -0.379 e. The number of benzene rings is 1. The van der Waals surface area contributed by atoms with Crippen LogP contribution in [0.5, 0.6) is 0 Å². The van der Waals surface area contributed by atoms with E-state index in [-0.39, 0.29) is 5.91 Å². The van der Waals surface area contributed by atoms with Crippen molar-refractivity contribution in [3.63, 3.8) is 0 Å². The van der Waals surface area contributed by atoms with Crippen LogP contribution < -0.4 is 15.5 Å². The molecule has 0 bridgehead atoms. The molecular formula is C19H23N3O2S. The number of hydrogen-bond donors (Lipinski definition) is 2. The highest BCUT2D eigenvalue weighted by Gasteiger charge is 2.26. The number of hydrogen-bond acceptors (Lipinski definition) is 5. The van der Waals surface area contributed by atoms with Crippen LogP contribution in [0.4, 0.5) is 16.4 Å². The summed E-state index contributed by atoms with van der Waals surface area (Å²) in [6.45, 7) is 3.37. The molecule has 6 heteroatoms. The van der Waals surface area contributed by atoms with Gasteiger partial charge < -0.3 is 20.3 Å². The molecule has 0 spiro atoms. The second-order valence-corrected chi connectivity index (χ2v) is 7.52. The number of morpholine rings is 1. The van der Waals surface area contributed by atoms with Gasteiger partial charge in [0.1, 0.15) is 5.00 Å². The van der Waals surface area contributed by atoms with E-state index in [9.17, 15) is 4.79 Å². The maximum Gasteiger partial charge on any atom is 0.258 e. The van der Waals surface area contributed by atoms with Crippen molar-refractivity contribution in [2.75, 3.05) is 48.9 Å². The summed E-state index contributed by atoms with van der Waals surface area (Å²) in [5.74, 6) is -0.0112. The van der Waals surface area contributed by atoms with E-state index in [1.54, 1.807) is 11.3 Å². The molecule has 25 heavy (non-hydrogen) atoms. The van der Waals surface area contributed by atoms with Crippen molar-refractivity contribution in [3.8, 4) is 0 Å². The molecule has 0 unspecified atom stereocenters. The molecule has 2 N–H and O–H groups in total. The SMILES string of the molecule is CNc1sc2c(c1C(=O)Nc1ccc(N3CCOCC3)cc1)CCC2. The lowest BCUT2D eigenvalue weighted by Gasteiger charge is -2.28. The van der Waals surface area contributed by atoms with Crippen LogP contribution in [0.1, 0.15) is 27.2 Å². The van der Waals surface area contributed by atoms with E-state index >= 15 is 0 Å². The lowest BCUT2D eigenvalue weighted by atomic mass is 10.1. The number of amides is 1. The maximum absolute atomic E-state index is 12.8. The smallest absolute Gasteiger partial charge is 0.258 e. The van der Waals surface area contributed by atoms with Gasteiger partial charge in [0.25, 0.3) is 5.91 Å². The predicted octanol–water partition coefficient (Wildman–Crippen LogP) is 3.37. The summed E-state index contributed by atoms with van der Waals surface area (Å²) in [6, 6.07) is 8.10. The number of anilines is 3. The first-order valence-corrected chi connectivity index (χ1v) is 9.64. The van der Waals surface area contributed by atoms with Crippen molar-refractivity contribution in [2.24, 2.45) is 0 Å². The fourth-order valence-electron chi connectivity index (χ4n) is 3.59. The molecule has 0 radical (unpaired) electrons. The average molecular weight is 357 g/mol. The average Bonchev–Trinajstić information content (AvgIpc) is 3.23. The lowest BCUT2D eigenvalue weighted by molar-refractivity contribution is 0.102. The number of nitrogens with one attached hydrogen (secondary N) is 2. The summed E-state index contributed by atoms with van der Waals surface area (Å²) in [4.78, 5) is 16.5. The number of ether oxygens (including phenoxy) is 1. The molecule has 1 amide bonds. The van der Waals surface area contributed by atoms with Gasteiger partial charge in [0, 0.05) is 36.4 Å². The monoisotopic (exact) mass is 357 g/mol. The third kappa shape index (κ3) is 3.24. The summed E-state index contributed by atoms with van der Waals surface area (Å²) in [6.07, 6.45) is 3.25. The van der Waals surface area contributed by atoms with Crippen LogP contribution in [-0.4, -0.2) is 39.3 Å². The van der Waals surface area contributed by atoms with E-state index in [4.69, 9.17) is 4.74 Å². The van der Waals surface area contributed by atoms with Crippen molar-refractivity contribution in [3.05, 3.63) is 40.3 Å². The highest BCUT2D eigenvalue weighted by Crippen LogP contribution is 2.39. The molecule has 1 aromatic carbocycles. The molecule has 1 fully saturated rings. The van der Waals surface area contributed by atoms with E-state index in [1.807, 2.05) is 19.2 Å². The molecule has 1 aliphatic heterocycles. The van der Waals surface area contributed by atoms with Crippen molar-refractivity contribution >= 4 is 33.6 Å². The van der Waals surface area contributed by atoms with Crippen molar-refractivity contribution < 1.29 is 9.53 Å². The number of nitrogens with zero attached hydrogens (tertiary/aromatic N) is 1. The Kier molecular flexibility index (Phi) is 4.63. The zero-order chi connectivity index (χ0) is 17.2. The van der Waals surface area contributed by atoms with Gasteiger partial charge in [-0.2, -0.15) is 0 Å². The first-order valence-electron chi connectivity index (χ1n) is 8.82. The van der Waals surface area contributed by atoms with E-state index in [2.05, 4.69) is 27.7 Å². The number of thiophene rings is 1. The third-order valence-electron chi connectivity index (χ3n) is 4.88. The highest BCUT2D eigenvalue weighted by molar-refractivity contribution is 7.16. The Balaban J connectivity index is 1.50. The maximum atomic E-state index is 12.8. The number of rotatable bonds is 4. The highest BCUT2D eigenvalue weighted by atomic mass is 32.1. The number of carbonyl (C=O) groups excluding carboxylic acids is 1. The molecule has 1 aromatic heterocycles. The molecule has 4 rings (SSSR count). The van der Waals surface area contributed by atoms with Gasteiger partial charge >= 0.3 is 0 Å². The molecule has 2 aliphatic rings. The van der Waals surface area contributed by atoms with E-state index in [0.29, 0.717) is 0 Å². The molecule has 132 valence electrons. The van der Waals surface area contributed by atoms with Gasteiger partial charge in [0.2, 0.25) is 0 Å². The van der Waals surface area contributed by atoms with Crippen LogP contribution >= 0.6 is 11.3 Å². The Morgan fingerprint density at radius 2 is 1.92 bits per heavy atom. The van der Waals surface area contributed by atoms with Gasteiger partial charge in [0.15, 0.2) is 0 Å². The molecule has 2 heterocycles. The van der Waals surface area contributed by atoms with Gasteiger partial charge in [-0.05, 0) is 49.1 Å². The van der Waals surface area contributed by atoms with Crippen molar-refractivity contribution in [2.45, 2.75) is 19.3 Å². The predicted molar refractivity (Wildman–Crippen MR) is 103 cm³/mol. The van der Waals surface area contributed by atoms with Crippen LogP contribution in [0.15, 0.2) is 24.3 Å². The van der Waals surface area contributed by atoms with Crippen molar-refractivity contribution in [1.29, 1.82) is 0 Å². The first-order chi connectivity index (χ1) is 12.3. The number of fused-ring (bicyclic) bond motifs is 1.